The summed E-state index contributed by atoms with van der Waals surface area (Å²) in [5.41, 5.74) is -1.76. The summed E-state index contributed by atoms with van der Waals surface area (Å²) in [6, 6.07) is 3.72. The van der Waals surface area contributed by atoms with Gasteiger partial charge in [-0.3, -0.25) is 19.5 Å². The normalized spacial score (nSPS) is 11.9. The molecule has 0 bridgehead atoms. The molecule has 3 N–H and O–H groups in total. The zero-order valence-electron chi connectivity index (χ0n) is 19.5. The highest BCUT2D eigenvalue weighted by Crippen LogP contribution is 2.33. The van der Waals surface area contributed by atoms with Crippen LogP contribution in [0.4, 0.5) is 23.2 Å². The van der Waals surface area contributed by atoms with E-state index in [0.717, 1.165) is 6.07 Å². The topological polar surface area (TPSA) is 109 Å². The predicted octanol–water partition coefficient (Wildman–Crippen LogP) is 4.01. The van der Waals surface area contributed by atoms with Gasteiger partial charge in [-0.15, -0.1) is 0 Å². The van der Waals surface area contributed by atoms with E-state index in [-0.39, 0.29) is 22.5 Å². The van der Waals surface area contributed by atoms with E-state index in [4.69, 9.17) is 0 Å². The highest BCUT2D eigenvalue weighted by Gasteiger charge is 2.35. The number of Topliss-reactive ketones (excluding diaryl/α,β-unsaturated/α-hetero) is 1. The van der Waals surface area contributed by atoms with Gasteiger partial charge in [0.15, 0.2) is 0 Å². The van der Waals surface area contributed by atoms with Gasteiger partial charge in [0, 0.05) is 24.6 Å². The molecular formula is C23H23F4N5O3. The smallest absolute Gasteiger partial charge is 0.343 e. The lowest BCUT2D eigenvalue weighted by Gasteiger charge is -2.24. The van der Waals surface area contributed by atoms with Crippen LogP contribution in [0.2, 0.25) is 0 Å². The number of carbonyl (C=O) groups excluding carboxylic acids is 3. The first-order chi connectivity index (χ1) is 16.1. The molecule has 0 aliphatic carbocycles. The van der Waals surface area contributed by atoms with E-state index >= 15 is 0 Å². The van der Waals surface area contributed by atoms with Crippen LogP contribution in [0.25, 0.3) is 0 Å². The van der Waals surface area contributed by atoms with E-state index in [1.807, 2.05) is 0 Å². The monoisotopic (exact) mass is 493 g/mol. The fraction of sp³-hybridized carbons (Fsp3) is 0.304. The van der Waals surface area contributed by atoms with Crippen LogP contribution in [0.3, 0.4) is 0 Å². The number of hydrogen-bond acceptors (Lipinski definition) is 4. The largest absolute Gasteiger partial charge is 0.419 e. The molecule has 0 unspecified atom stereocenters. The number of amides is 2. The third-order valence-electron chi connectivity index (χ3n) is 5.71. The number of nitrogens with zero attached hydrogens (tertiary/aromatic N) is 2. The number of ketones is 1. The summed E-state index contributed by atoms with van der Waals surface area (Å²) in [7, 11) is 1.48. The first kappa shape index (κ1) is 25.7. The van der Waals surface area contributed by atoms with E-state index in [1.54, 1.807) is 19.9 Å². The molecule has 35 heavy (non-hydrogen) atoms. The standard InChI is InChI=1S/C23H23F4N5O3/c1-11-17(19(33)21(35)30-22(3,4)16-8-9-28-31-16)12(2)32(5)18(11)20(34)29-13-6-7-15(24)14(10-13)23(25,26)27/h6-10H,1-5H3,(H,28,31)(H,29,34)(H,30,35). The zero-order chi connectivity index (χ0) is 26.3. The van der Waals surface area contributed by atoms with Crippen molar-refractivity contribution in [3.63, 3.8) is 0 Å². The van der Waals surface area contributed by atoms with Crippen molar-refractivity contribution < 1.29 is 31.9 Å². The van der Waals surface area contributed by atoms with Gasteiger partial charge in [0.1, 0.15) is 11.5 Å². The number of hydrogen-bond donors (Lipinski definition) is 3. The van der Waals surface area contributed by atoms with Gasteiger partial charge in [-0.2, -0.15) is 18.3 Å². The van der Waals surface area contributed by atoms with E-state index in [9.17, 15) is 31.9 Å². The Morgan fingerprint density at radius 2 is 1.74 bits per heavy atom. The number of carbonyl (C=O) groups is 3. The molecule has 1 aromatic carbocycles. The van der Waals surface area contributed by atoms with Crippen molar-refractivity contribution in [2.24, 2.45) is 7.05 Å². The van der Waals surface area contributed by atoms with Crippen molar-refractivity contribution in [1.82, 2.24) is 20.1 Å². The molecule has 0 saturated heterocycles. The third-order valence-corrected chi connectivity index (χ3v) is 5.71. The van der Waals surface area contributed by atoms with Crippen LogP contribution in [-0.2, 0) is 23.6 Å². The number of aromatic amines is 1. The fourth-order valence-corrected chi connectivity index (χ4v) is 3.77. The Kier molecular flexibility index (Phi) is 6.60. The number of rotatable bonds is 6. The van der Waals surface area contributed by atoms with E-state index < -0.39 is 40.7 Å². The van der Waals surface area contributed by atoms with Gasteiger partial charge < -0.3 is 15.2 Å². The molecular weight excluding hydrogens is 470 g/mol. The average Bonchev–Trinajstić information content (AvgIpc) is 3.36. The van der Waals surface area contributed by atoms with E-state index in [0.29, 0.717) is 23.5 Å². The minimum Gasteiger partial charge on any atom is -0.343 e. The summed E-state index contributed by atoms with van der Waals surface area (Å²) in [6.45, 7) is 6.33. The van der Waals surface area contributed by atoms with Gasteiger partial charge in [0.25, 0.3) is 17.6 Å². The number of aromatic nitrogens is 3. The molecule has 3 rings (SSSR count). The Balaban J connectivity index is 1.89. The maximum Gasteiger partial charge on any atom is 0.419 e. The summed E-state index contributed by atoms with van der Waals surface area (Å²) in [6.07, 6.45) is -3.44. The average molecular weight is 493 g/mol. The molecule has 2 heterocycles. The quantitative estimate of drug-likeness (QED) is 0.274. The minimum absolute atomic E-state index is 0.00866. The van der Waals surface area contributed by atoms with Gasteiger partial charge in [0.2, 0.25) is 0 Å². The molecule has 2 aromatic heterocycles. The van der Waals surface area contributed by atoms with Crippen molar-refractivity contribution in [2.75, 3.05) is 5.32 Å². The SMILES string of the molecule is Cc1c(C(=O)C(=O)NC(C)(C)c2ccn[nH]2)c(C)n(C)c1C(=O)Nc1ccc(F)c(C(F)(F)F)c1. The molecule has 12 heteroatoms. The van der Waals surface area contributed by atoms with E-state index in [2.05, 4.69) is 20.8 Å². The van der Waals surface area contributed by atoms with Crippen LogP contribution >= 0.6 is 0 Å². The van der Waals surface area contributed by atoms with Crippen LogP contribution in [0.5, 0.6) is 0 Å². The number of halogens is 4. The van der Waals surface area contributed by atoms with Gasteiger partial charge in [0.05, 0.1) is 22.4 Å². The molecule has 3 aromatic rings. The summed E-state index contributed by atoms with van der Waals surface area (Å²) >= 11 is 0. The number of alkyl halides is 3. The summed E-state index contributed by atoms with van der Waals surface area (Å²) in [4.78, 5) is 38.7. The van der Waals surface area contributed by atoms with Crippen molar-refractivity contribution in [2.45, 2.75) is 39.4 Å². The van der Waals surface area contributed by atoms with E-state index in [1.165, 1.54) is 31.7 Å². The predicted molar refractivity (Wildman–Crippen MR) is 118 cm³/mol. The lowest BCUT2D eigenvalue weighted by atomic mass is 9.99. The fourth-order valence-electron chi connectivity index (χ4n) is 3.77. The second-order valence-corrected chi connectivity index (χ2v) is 8.52. The number of nitrogens with one attached hydrogen (secondary N) is 3. The van der Waals surface area contributed by atoms with Gasteiger partial charge in [-0.1, -0.05) is 0 Å². The molecule has 0 fully saturated rings. The lowest BCUT2D eigenvalue weighted by Crippen LogP contribution is -2.44. The van der Waals surface area contributed by atoms with Gasteiger partial charge in [-0.05, 0) is 57.5 Å². The number of benzene rings is 1. The highest BCUT2D eigenvalue weighted by atomic mass is 19.4. The van der Waals surface area contributed by atoms with Crippen molar-refractivity contribution in [1.29, 1.82) is 0 Å². The molecule has 8 nitrogen and oxygen atoms in total. The Morgan fingerprint density at radius 1 is 1.09 bits per heavy atom. The van der Waals surface area contributed by atoms with Crippen LogP contribution in [-0.4, -0.2) is 32.4 Å². The first-order valence-electron chi connectivity index (χ1n) is 10.4. The Bertz CT molecular complexity index is 1310. The lowest BCUT2D eigenvalue weighted by molar-refractivity contribution is -0.140. The van der Waals surface area contributed by atoms with Crippen molar-refractivity contribution in [3.8, 4) is 0 Å². The van der Waals surface area contributed by atoms with Crippen LogP contribution < -0.4 is 10.6 Å². The van der Waals surface area contributed by atoms with Crippen molar-refractivity contribution in [3.05, 3.63) is 70.1 Å². The highest BCUT2D eigenvalue weighted by molar-refractivity contribution is 6.43. The molecule has 0 atom stereocenters. The Hall–Kier alpha value is -3.96. The molecule has 0 spiro atoms. The molecule has 2 amide bonds. The van der Waals surface area contributed by atoms with Crippen LogP contribution in [0.15, 0.2) is 30.5 Å². The Morgan fingerprint density at radius 3 is 2.31 bits per heavy atom. The maximum atomic E-state index is 13.6. The summed E-state index contributed by atoms with van der Waals surface area (Å²) in [5, 5.41) is 11.5. The third kappa shape index (κ3) is 4.96. The molecule has 0 aliphatic rings. The summed E-state index contributed by atoms with van der Waals surface area (Å²) < 4.78 is 53.9. The molecule has 0 saturated carbocycles. The van der Waals surface area contributed by atoms with Crippen LogP contribution in [0.1, 0.15) is 57.2 Å². The second kappa shape index (κ2) is 9.01. The maximum absolute atomic E-state index is 13.6. The second-order valence-electron chi connectivity index (χ2n) is 8.52. The summed E-state index contributed by atoms with van der Waals surface area (Å²) in [5.74, 6) is -4.10. The van der Waals surface area contributed by atoms with Gasteiger partial charge >= 0.3 is 6.18 Å². The Labute approximate surface area is 197 Å². The number of anilines is 1. The van der Waals surface area contributed by atoms with Gasteiger partial charge in [-0.25, -0.2) is 4.39 Å². The minimum atomic E-state index is -4.95. The van der Waals surface area contributed by atoms with Crippen molar-refractivity contribution >= 4 is 23.3 Å². The molecule has 186 valence electrons. The molecule has 0 radical (unpaired) electrons. The number of H-pyrrole nitrogens is 1. The zero-order valence-corrected chi connectivity index (χ0v) is 19.5. The van der Waals surface area contributed by atoms with Crippen LogP contribution in [0, 0.1) is 19.7 Å². The first-order valence-corrected chi connectivity index (χ1v) is 10.4. The molecule has 0 aliphatic heterocycles.